The fraction of sp³-hybridized carbons (Fsp3) is 0.250. The van der Waals surface area contributed by atoms with Gasteiger partial charge in [-0.1, -0.05) is 6.92 Å². The lowest BCUT2D eigenvalue weighted by Gasteiger charge is -2.26. The molecule has 0 atom stereocenters. The van der Waals surface area contributed by atoms with Crippen molar-refractivity contribution >= 4 is 40.9 Å². The zero-order valence-corrected chi connectivity index (χ0v) is 16.5. The van der Waals surface area contributed by atoms with E-state index in [-0.39, 0.29) is 5.82 Å². The number of carboxylic acid groups (broad SMARTS) is 1. The number of hydrogen-bond donors (Lipinski definition) is 1. The Balaban J connectivity index is 2.01. The van der Waals surface area contributed by atoms with E-state index in [4.69, 9.17) is 9.84 Å². The third-order valence-electron chi connectivity index (χ3n) is 3.94. The summed E-state index contributed by atoms with van der Waals surface area (Å²) >= 11 is 3.38. The molecule has 3 rings (SSSR count). The normalized spacial score (nSPS) is 14.1. The Morgan fingerprint density at radius 3 is 2.85 bits per heavy atom. The smallest absolute Gasteiger partial charge is 0.331 e. The maximum atomic E-state index is 13.3. The minimum absolute atomic E-state index is 0.251. The van der Waals surface area contributed by atoms with Crippen LogP contribution in [-0.4, -0.2) is 29.1 Å². The zero-order chi connectivity index (χ0) is 19.2. The fourth-order valence-electron chi connectivity index (χ4n) is 2.80. The third-order valence-corrected chi connectivity index (χ3v) is 5.99. The second-order valence-electron chi connectivity index (χ2n) is 5.79. The number of anilines is 2. The van der Waals surface area contributed by atoms with Crippen LogP contribution in [0.2, 0.25) is 0 Å². The molecule has 0 bridgehead atoms. The van der Waals surface area contributed by atoms with E-state index in [9.17, 15) is 9.18 Å². The molecule has 1 aliphatic rings. The van der Waals surface area contributed by atoms with E-state index in [0.717, 1.165) is 51.7 Å². The first-order valence-electron chi connectivity index (χ1n) is 8.61. The number of thioether (sulfide) groups is 2. The molecule has 0 spiro atoms. The largest absolute Gasteiger partial charge is 0.478 e. The van der Waals surface area contributed by atoms with Crippen LogP contribution >= 0.6 is 23.5 Å². The van der Waals surface area contributed by atoms with Crippen molar-refractivity contribution in [2.24, 2.45) is 0 Å². The van der Waals surface area contributed by atoms with E-state index in [1.165, 1.54) is 18.4 Å². The van der Waals surface area contributed by atoms with Gasteiger partial charge in [-0.25, -0.2) is 9.18 Å². The maximum Gasteiger partial charge on any atom is 0.331 e. The molecule has 0 amide bonds. The summed E-state index contributed by atoms with van der Waals surface area (Å²) in [7, 11) is 0. The molecular formula is C20H20FNO3S2. The molecule has 2 aromatic carbocycles. The summed E-state index contributed by atoms with van der Waals surface area (Å²) in [5.74, 6) is 1.17. The number of halogens is 1. The minimum atomic E-state index is -1.05. The van der Waals surface area contributed by atoms with Gasteiger partial charge in [-0.05, 0) is 54.3 Å². The molecule has 7 heteroatoms. The van der Waals surface area contributed by atoms with Gasteiger partial charge in [-0.3, -0.25) is 0 Å². The van der Waals surface area contributed by atoms with E-state index >= 15 is 0 Å². The zero-order valence-electron chi connectivity index (χ0n) is 14.9. The van der Waals surface area contributed by atoms with Crippen LogP contribution in [0.15, 0.2) is 58.5 Å². The van der Waals surface area contributed by atoms with Crippen LogP contribution < -0.4 is 9.64 Å². The number of ether oxygens (including phenoxy) is 1. The lowest BCUT2D eigenvalue weighted by Crippen LogP contribution is -2.18. The van der Waals surface area contributed by atoms with Crippen molar-refractivity contribution in [3.8, 4) is 5.75 Å². The summed E-state index contributed by atoms with van der Waals surface area (Å²) < 4.78 is 18.9. The lowest BCUT2D eigenvalue weighted by atomic mass is 10.2. The highest BCUT2D eigenvalue weighted by molar-refractivity contribution is 7.99. The van der Waals surface area contributed by atoms with E-state index in [1.54, 1.807) is 35.7 Å². The summed E-state index contributed by atoms with van der Waals surface area (Å²) in [6.07, 6.45) is 3.18. The highest BCUT2D eigenvalue weighted by Crippen LogP contribution is 2.44. The fourth-order valence-corrected chi connectivity index (χ4v) is 4.55. The topological polar surface area (TPSA) is 49.8 Å². The molecule has 0 radical (unpaired) electrons. The number of carboxylic acids is 1. The van der Waals surface area contributed by atoms with Crippen molar-refractivity contribution in [3.63, 3.8) is 0 Å². The molecule has 1 aliphatic heterocycles. The van der Waals surface area contributed by atoms with Gasteiger partial charge in [0, 0.05) is 17.1 Å². The molecule has 4 nitrogen and oxygen atoms in total. The molecular weight excluding hydrogens is 385 g/mol. The molecule has 0 saturated heterocycles. The van der Waals surface area contributed by atoms with Gasteiger partial charge >= 0.3 is 5.97 Å². The molecule has 1 heterocycles. The van der Waals surface area contributed by atoms with Gasteiger partial charge in [0.25, 0.3) is 0 Å². The number of rotatable bonds is 6. The molecule has 0 saturated carbocycles. The van der Waals surface area contributed by atoms with Gasteiger partial charge in [0.2, 0.25) is 0 Å². The van der Waals surface area contributed by atoms with Crippen molar-refractivity contribution in [2.75, 3.05) is 23.0 Å². The first kappa shape index (κ1) is 19.6. The second kappa shape index (κ2) is 9.19. The molecule has 2 aromatic rings. The Bertz CT molecular complexity index is 840. The van der Waals surface area contributed by atoms with Gasteiger partial charge in [0.15, 0.2) is 0 Å². The molecule has 0 aromatic heterocycles. The Morgan fingerprint density at radius 2 is 2.15 bits per heavy atom. The quantitative estimate of drug-likeness (QED) is 0.386. The van der Waals surface area contributed by atoms with Crippen LogP contribution in [0.4, 0.5) is 15.8 Å². The standard InChI is InChI=1S/C20H20FNO3S2/c1-2-26-19-12-16-18(13-17(19)25-10-8-20(23)24)27-11-3-9-22(16)15-6-4-14(21)5-7-15/h4-8,10,12-13H,2-3,9,11H2,1H3,(H,23,24)/b10-8+. The number of benzene rings is 2. The van der Waals surface area contributed by atoms with E-state index in [1.807, 2.05) is 6.07 Å². The van der Waals surface area contributed by atoms with Crippen LogP contribution in [-0.2, 0) is 4.79 Å². The van der Waals surface area contributed by atoms with Gasteiger partial charge in [0.1, 0.15) is 11.6 Å². The van der Waals surface area contributed by atoms with Crippen LogP contribution in [0.3, 0.4) is 0 Å². The Labute approximate surface area is 166 Å². The lowest BCUT2D eigenvalue weighted by molar-refractivity contribution is -0.131. The van der Waals surface area contributed by atoms with Crippen LogP contribution in [0, 0.1) is 5.82 Å². The van der Waals surface area contributed by atoms with E-state index < -0.39 is 5.97 Å². The Hall–Kier alpha value is -2.12. The molecule has 142 valence electrons. The second-order valence-corrected chi connectivity index (χ2v) is 8.23. The SMILES string of the molecule is CCSc1cc2c(cc1O/C=C/C(=O)O)SCCCN2c1ccc(F)cc1. The van der Waals surface area contributed by atoms with Gasteiger partial charge in [-0.15, -0.1) is 23.5 Å². The number of aliphatic carboxylic acids is 1. The van der Waals surface area contributed by atoms with Crippen LogP contribution in [0.25, 0.3) is 0 Å². The van der Waals surface area contributed by atoms with Crippen molar-refractivity contribution in [1.82, 2.24) is 0 Å². The van der Waals surface area contributed by atoms with Crippen molar-refractivity contribution in [1.29, 1.82) is 0 Å². The van der Waals surface area contributed by atoms with Crippen LogP contribution in [0.1, 0.15) is 13.3 Å². The predicted molar refractivity (Wildman–Crippen MR) is 109 cm³/mol. The predicted octanol–water partition coefficient (Wildman–Crippen LogP) is 5.55. The summed E-state index contributed by atoms with van der Waals surface area (Å²) in [6.45, 7) is 2.90. The van der Waals surface area contributed by atoms with E-state index in [0.29, 0.717) is 5.75 Å². The third kappa shape index (κ3) is 4.99. The molecule has 0 fully saturated rings. The van der Waals surface area contributed by atoms with Gasteiger partial charge in [-0.2, -0.15) is 0 Å². The first-order chi connectivity index (χ1) is 13.1. The highest BCUT2D eigenvalue weighted by Gasteiger charge is 2.20. The maximum absolute atomic E-state index is 13.3. The monoisotopic (exact) mass is 405 g/mol. The summed E-state index contributed by atoms with van der Waals surface area (Å²) in [5, 5.41) is 8.76. The van der Waals surface area contributed by atoms with Crippen molar-refractivity contribution in [3.05, 3.63) is 54.6 Å². The molecule has 1 N–H and O–H groups in total. The molecule has 0 unspecified atom stereocenters. The van der Waals surface area contributed by atoms with E-state index in [2.05, 4.69) is 17.9 Å². The Kier molecular flexibility index (Phi) is 6.68. The number of hydrogen-bond acceptors (Lipinski definition) is 5. The molecule has 27 heavy (non-hydrogen) atoms. The summed E-state index contributed by atoms with van der Waals surface area (Å²) in [6, 6.07) is 10.6. The Morgan fingerprint density at radius 1 is 1.37 bits per heavy atom. The number of nitrogens with zero attached hydrogens (tertiary/aromatic N) is 1. The van der Waals surface area contributed by atoms with Gasteiger partial charge in [0.05, 0.1) is 22.9 Å². The van der Waals surface area contributed by atoms with Crippen molar-refractivity contribution < 1.29 is 19.0 Å². The number of carbonyl (C=O) groups is 1. The van der Waals surface area contributed by atoms with Crippen molar-refractivity contribution in [2.45, 2.75) is 23.1 Å². The average molecular weight is 406 g/mol. The van der Waals surface area contributed by atoms with Crippen LogP contribution in [0.5, 0.6) is 5.75 Å². The first-order valence-corrected chi connectivity index (χ1v) is 10.6. The minimum Gasteiger partial charge on any atom is -0.478 e. The highest BCUT2D eigenvalue weighted by atomic mass is 32.2. The summed E-state index contributed by atoms with van der Waals surface area (Å²) in [4.78, 5) is 14.9. The van der Waals surface area contributed by atoms with Gasteiger partial charge < -0.3 is 14.7 Å². The average Bonchev–Trinajstić information content (AvgIpc) is 2.84. The molecule has 0 aliphatic carbocycles. The number of fused-ring (bicyclic) bond motifs is 1. The summed E-state index contributed by atoms with van der Waals surface area (Å²) in [5.41, 5.74) is 2.02.